The first-order valence-corrected chi connectivity index (χ1v) is 9.67. The Morgan fingerprint density at radius 1 is 0.857 bits per heavy atom. The smallest absolute Gasteiger partial charge is 0.314 e. The molecular weight excluding hydrogens is 359 g/mol. The van der Waals surface area contributed by atoms with Crippen molar-refractivity contribution in [3.8, 4) is 5.75 Å². The molecule has 2 fully saturated rings. The van der Waals surface area contributed by atoms with Gasteiger partial charge in [-0.15, -0.1) is 0 Å². The molecule has 0 aromatic heterocycles. The van der Waals surface area contributed by atoms with Crippen molar-refractivity contribution in [2.24, 2.45) is 17.8 Å². The number of rotatable bonds is 4. The lowest BCUT2D eigenvalue weighted by Crippen LogP contribution is -2.40. The highest BCUT2D eigenvalue weighted by Crippen LogP contribution is 2.40. The van der Waals surface area contributed by atoms with E-state index < -0.39 is 5.82 Å². The van der Waals surface area contributed by atoms with Crippen LogP contribution in [-0.2, 0) is 9.59 Å². The van der Waals surface area contributed by atoms with Crippen molar-refractivity contribution >= 4 is 17.5 Å². The standard InChI is InChI=1S/C23H21FO4/c24-19-8-4-14(5-9-19)21(25)15-6-10-20(11-7-15)28-23(27)18-12-16-2-1-3-17(13-18)22(16)26/h4-11,16-18H,1-3,12-13H2/t16-,17+,18?. The van der Waals surface area contributed by atoms with Crippen LogP contribution < -0.4 is 4.74 Å². The molecule has 2 aromatic rings. The average molecular weight is 380 g/mol. The minimum absolute atomic E-state index is 0.000701. The monoisotopic (exact) mass is 380 g/mol. The van der Waals surface area contributed by atoms with E-state index in [2.05, 4.69) is 0 Å². The number of benzene rings is 2. The van der Waals surface area contributed by atoms with Crippen LogP contribution in [0, 0.1) is 23.6 Å². The second-order valence-corrected chi connectivity index (χ2v) is 7.68. The van der Waals surface area contributed by atoms with E-state index in [9.17, 15) is 18.8 Å². The van der Waals surface area contributed by atoms with Gasteiger partial charge in [-0.2, -0.15) is 0 Å². The summed E-state index contributed by atoms with van der Waals surface area (Å²) in [6.07, 6.45) is 3.97. The number of Topliss-reactive ketones (excluding diaryl/α,β-unsaturated/α-hetero) is 1. The van der Waals surface area contributed by atoms with Gasteiger partial charge in [0.15, 0.2) is 5.78 Å². The summed E-state index contributed by atoms with van der Waals surface area (Å²) in [6, 6.07) is 11.7. The van der Waals surface area contributed by atoms with Crippen molar-refractivity contribution in [2.45, 2.75) is 32.1 Å². The highest BCUT2D eigenvalue weighted by Gasteiger charge is 2.41. The normalized spacial score (nSPS) is 23.9. The second-order valence-electron chi connectivity index (χ2n) is 7.68. The molecular formula is C23H21FO4. The Morgan fingerprint density at radius 2 is 1.39 bits per heavy atom. The van der Waals surface area contributed by atoms with Crippen LogP contribution in [0.2, 0.25) is 0 Å². The van der Waals surface area contributed by atoms with Gasteiger partial charge in [0.2, 0.25) is 0 Å². The fraction of sp³-hybridized carbons (Fsp3) is 0.348. The van der Waals surface area contributed by atoms with Crippen LogP contribution in [0.4, 0.5) is 4.39 Å². The average Bonchev–Trinajstić information content (AvgIpc) is 2.68. The van der Waals surface area contributed by atoms with Crippen LogP contribution in [0.1, 0.15) is 48.0 Å². The van der Waals surface area contributed by atoms with Crippen molar-refractivity contribution < 1.29 is 23.5 Å². The van der Waals surface area contributed by atoms with Gasteiger partial charge in [0.25, 0.3) is 0 Å². The van der Waals surface area contributed by atoms with Crippen LogP contribution in [0.15, 0.2) is 48.5 Å². The number of carbonyl (C=O) groups is 3. The van der Waals surface area contributed by atoms with E-state index in [4.69, 9.17) is 4.74 Å². The maximum atomic E-state index is 13.0. The van der Waals surface area contributed by atoms with Gasteiger partial charge in [0, 0.05) is 23.0 Å². The third-order valence-corrected chi connectivity index (χ3v) is 5.82. The van der Waals surface area contributed by atoms with Gasteiger partial charge in [0.1, 0.15) is 17.3 Å². The van der Waals surface area contributed by atoms with E-state index in [0.29, 0.717) is 35.5 Å². The summed E-state index contributed by atoms with van der Waals surface area (Å²) in [4.78, 5) is 37.1. The quantitative estimate of drug-likeness (QED) is 0.449. The predicted molar refractivity (Wildman–Crippen MR) is 100 cm³/mol. The predicted octanol–water partition coefficient (Wildman–Crippen LogP) is 4.36. The maximum Gasteiger partial charge on any atom is 0.314 e. The molecule has 144 valence electrons. The van der Waals surface area contributed by atoms with Gasteiger partial charge in [-0.05, 0) is 74.2 Å². The lowest BCUT2D eigenvalue weighted by Gasteiger charge is -2.36. The molecule has 4 nitrogen and oxygen atoms in total. The highest BCUT2D eigenvalue weighted by molar-refractivity contribution is 6.09. The second kappa shape index (κ2) is 7.66. The third-order valence-electron chi connectivity index (χ3n) is 5.82. The van der Waals surface area contributed by atoms with Gasteiger partial charge in [-0.1, -0.05) is 6.42 Å². The molecule has 0 amide bonds. The Balaban J connectivity index is 1.40. The minimum Gasteiger partial charge on any atom is -0.426 e. The van der Waals surface area contributed by atoms with Crippen LogP contribution in [0.25, 0.3) is 0 Å². The molecule has 0 heterocycles. The van der Waals surface area contributed by atoms with Crippen LogP contribution in [-0.4, -0.2) is 17.5 Å². The molecule has 4 rings (SSSR count). The molecule has 28 heavy (non-hydrogen) atoms. The SMILES string of the molecule is O=C(c1ccc(F)cc1)c1ccc(OC(=O)C2C[C@H]3CCC[C@@H](C2)C3=O)cc1. The summed E-state index contributed by atoms with van der Waals surface area (Å²) < 4.78 is 18.5. The van der Waals surface area contributed by atoms with E-state index in [1.165, 1.54) is 24.3 Å². The number of halogens is 1. The third kappa shape index (κ3) is 3.75. The minimum atomic E-state index is -0.396. The first-order chi connectivity index (χ1) is 13.5. The Bertz CT molecular complexity index is 885. The summed E-state index contributed by atoms with van der Waals surface area (Å²) in [7, 11) is 0. The molecule has 2 saturated carbocycles. The molecule has 0 saturated heterocycles. The summed E-state index contributed by atoms with van der Waals surface area (Å²) in [5.74, 6) is -0.470. The molecule has 0 radical (unpaired) electrons. The van der Waals surface area contributed by atoms with Gasteiger partial charge < -0.3 is 4.74 Å². The molecule has 2 aliphatic rings. The highest BCUT2D eigenvalue weighted by atomic mass is 19.1. The van der Waals surface area contributed by atoms with Crippen molar-refractivity contribution in [1.29, 1.82) is 0 Å². The maximum absolute atomic E-state index is 13.0. The lowest BCUT2D eigenvalue weighted by atomic mass is 9.67. The largest absolute Gasteiger partial charge is 0.426 e. The van der Waals surface area contributed by atoms with Crippen molar-refractivity contribution in [1.82, 2.24) is 0 Å². The Hall–Kier alpha value is -2.82. The fourth-order valence-corrected chi connectivity index (χ4v) is 4.31. The first kappa shape index (κ1) is 18.5. The summed E-state index contributed by atoms with van der Waals surface area (Å²) in [5.41, 5.74) is 0.828. The number of carbonyl (C=O) groups excluding carboxylic acids is 3. The molecule has 2 bridgehead atoms. The number of ether oxygens (including phenoxy) is 1. The molecule has 0 aliphatic heterocycles. The number of ketones is 2. The van der Waals surface area contributed by atoms with Crippen molar-refractivity contribution in [3.05, 3.63) is 65.5 Å². The fourth-order valence-electron chi connectivity index (χ4n) is 4.31. The van der Waals surface area contributed by atoms with Crippen molar-refractivity contribution in [2.75, 3.05) is 0 Å². The Labute approximate surface area is 162 Å². The number of fused-ring (bicyclic) bond motifs is 2. The first-order valence-electron chi connectivity index (χ1n) is 9.67. The zero-order valence-corrected chi connectivity index (χ0v) is 15.4. The van der Waals surface area contributed by atoms with E-state index in [0.717, 1.165) is 19.3 Å². The van der Waals surface area contributed by atoms with Crippen LogP contribution in [0.3, 0.4) is 0 Å². The molecule has 5 heteroatoms. The molecule has 2 aliphatic carbocycles. The van der Waals surface area contributed by atoms with E-state index in [-0.39, 0.29) is 29.5 Å². The summed E-state index contributed by atoms with van der Waals surface area (Å²) >= 11 is 0. The number of hydrogen-bond acceptors (Lipinski definition) is 4. The molecule has 0 spiro atoms. The van der Waals surface area contributed by atoms with Crippen molar-refractivity contribution in [3.63, 3.8) is 0 Å². The molecule has 3 atom stereocenters. The molecule has 2 aromatic carbocycles. The molecule has 1 unspecified atom stereocenters. The van der Waals surface area contributed by atoms with Crippen LogP contribution in [0.5, 0.6) is 5.75 Å². The summed E-state index contributed by atoms with van der Waals surface area (Å²) in [6.45, 7) is 0. The van der Waals surface area contributed by atoms with Gasteiger partial charge in [-0.25, -0.2) is 4.39 Å². The summed E-state index contributed by atoms with van der Waals surface area (Å²) in [5, 5.41) is 0. The van der Waals surface area contributed by atoms with E-state index >= 15 is 0 Å². The van der Waals surface area contributed by atoms with Crippen LogP contribution >= 0.6 is 0 Å². The number of hydrogen-bond donors (Lipinski definition) is 0. The lowest BCUT2D eigenvalue weighted by molar-refractivity contribution is -0.145. The van der Waals surface area contributed by atoms with Gasteiger partial charge in [-0.3, -0.25) is 14.4 Å². The topological polar surface area (TPSA) is 60.4 Å². The molecule has 0 N–H and O–H groups in total. The Morgan fingerprint density at radius 3 is 1.96 bits per heavy atom. The number of esters is 1. The van der Waals surface area contributed by atoms with E-state index in [1.807, 2.05) is 0 Å². The van der Waals surface area contributed by atoms with Gasteiger partial charge >= 0.3 is 5.97 Å². The Kier molecular flexibility index (Phi) is 5.07. The van der Waals surface area contributed by atoms with Gasteiger partial charge in [0.05, 0.1) is 5.92 Å². The zero-order chi connectivity index (χ0) is 19.7. The van der Waals surface area contributed by atoms with E-state index in [1.54, 1.807) is 24.3 Å². The zero-order valence-electron chi connectivity index (χ0n) is 15.4.